The molecule has 1 aliphatic rings. The molecule has 4 heteroatoms. The van der Waals surface area contributed by atoms with Crippen LogP contribution in [-0.4, -0.2) is 31.3 Å². The predicted molar refractivity (Wildman–Crippen MR) is 67.1 cm³/mol. The number of aliphatic hydroxyl groups excluding tert-OH is 1. The van der Waals surface area contributed by atoms with Gasteiger partial charge in [-0.1, -0.05) is 17.7 Å². The molecule has 3 nitrogen and oxygen atoms in total. The molecule has 1 aliphatic heterocycles. The quantitative estimate of drug-likeness (QED) is 0.825. The summed E-state index contributed by atoms with van der Waals surface area (Å²) in [4.78, 5) is 2.17. The zero-order valence-electron chi connectivity index (χ0n) is 9.36. The Kier molecular flexibility index (Phi) is 3.38. The third-order valence-corrected chi connectivity index (χ3v) is 3.52. The van der Waals surface area contributed by atoms with Gasteiger partial charge in [-0.15, -0.1) is 0 Å². The van der Waals surface area contributed by atoms with E-state index in [1.54, 1.807) is 0 Å². The van der Waals surface area contributed by atoms with E-state index in [1.165, 1.54) is 0 Å². The van der Waals surface area contributed by atoms with Crippen molar-refractivity contribution in [2.45, 2.75) is 18.4 Å². The van der Waals surface area contributed by atoms with Crippen molar-refractivity contribution in [1.82, 2.24) is 0 Å². The summed E-state index contributed by atoms with van der Waals surface area (Å²) in [6.45, 7) is 1.23. The topological polar surface area (TPSA) is 49.5 Å². The molecule has 0 saturated heterocycles. The fraction of sp³-hybridized carbons (Fsp3) is 0.500. The lowest BCUT2D eigenvalue weighted by molar-refractivity contribution is 0.145. The molecular formula is C12H17ClN2O. The summed E-state index contributed by atoms with van der Waals surface area (Å²) < 4.78 is 0. The summed E-state index contributed by atoms with van der Waals surface area (Å²) in [5.74, 6) is 0.133. The lowest BCUT2D eigenvalue weighted by Gasteiger charge is -2.35. The average molecular weight is 241 g/mol. The Morgan fingerprint density at radius 2 is 2.38 bits per heavy atom. The van der Waals surface area contributed by atoms with Gasteiger partial charge < -0.3 is 15.7 Å². The van der Waals surface area contributed by atoms with Crippen LogP contribution in [0.15, 0.2) is 18.2 Å². The van der Waals surface area contributed by atoms with Gasteiger partial charge in [0.05, 0.1) is 6.10 Å². The van der Waals surface area contributed by atoms with Gasteiger partial charge in [-0.3, -0.25) is 0 Å². The first kappa shape index (κ1) is 11.7. The first-order chi connectivity index (χ1) is 7.63. The molecule has 2 atom stereocenters. The molecule has 0 aromatic heterocycles. The molecule has 0 radical (unpaired) electrons. The van der Waals surface area contributed by atoms with E-state index in [-0.39, 0.29) is 5.92 Å². The molecule has 88 valence electrons. The van der Waals surface area contributed by atoms with E-state index in [0.717, 1.165) is 29.2 Å². The van der Waals surface area contributed by atoms with Crippen LogP contribution in [0.2, 0.25) is 5.02 Å². The number of anilines is 1. The molecule has 0 saturated carbocycles. The largest absolute Gasteiger partial charge is 0.391 e. The Morgan fingerprint density at radius 3 is 3.06 bits per heavy atom. The van der Waals surface area contributed by atoms with Crippen molar-refractivity contribution in [3.05, 3.63) is 28.8 Å². The van der Waals surface area contributed by atoms with Crippen LogP contribution < -0.4 is 10.6 Å². The van der Waals surface area contributed by atoms with Crippen molar-refractivity contribution in [3.63, 3.8) is 0 Å². The van der Waals surface area contributed by atoms with Gasteiger partial charge in [0.2, 0.25) is 0 Å². The summed E-state index contributed by atoms with van der Waals surface area (Å²) in [7, 11) is 2.04. The number of aliphatic hydroxyl groups is 1. The molecular weight excluding hydrogens is 224 g/mol. The number of rotatable bonds is 2. The maximum atomic E-state index is 9.91. The van der Waals surface area contributed by atoms with Gasteiger partial charge in [0.15, 0.2) is 0 Å². The smallest absolute Gasteiger partial charge is 0.0732 e. The first-order valence-electron chi connectivity index (χ1n) is 5.52. The number of halogens is 1. The normalized spacial score (nSPS) is 21.8. The van der Waals surface area contributed by atoms with E-state index in [2.05, 4.69) is 4.90 Å². The van der Waals surface area contributed by atoms with Crippen molar-refractivity contribution < 1.29 is 5.11 Å². The first-order valence-corrected chi connectivity index (χ1v) is 5.90. The van der Waals surface area contributed by atoms with E-state index in [1.807, 2.05) is 25.2 Å². The second kappa shape index (κ2) is 4.62. The summed E-state index contributed by atoms with van der Waals surface area (Å²) in [6.07, 6.45) is 0.470. The van der Waals surface area contributed by atoms with Crippen LogP contribution in [0.4, 0.5) is 5.69 Å². The number of benzene rings is 1. The van der Waals surface area contributed by atoms with E-state index in [0.29, 0.717) is 6.54 Å². The van der Waals surface area contributed by atoms with Gasteiger partial charge in [-0.05, 0) is 24.1 Å². The third-order valence-electron chi connectivity index (χ3n) is 3.28. The Bertz CT molecular complexity index is 383. The van der Waals surface area contributed by atoms with Crippen LogP contribution in [-0.2, 0) is 0 Å². The molecule has 3 N–H and O–H groups in total. The molecule has 1 aromatic rings. The molecule has 0 bridgehead atoms. The highest BCUT2D eigenvalue weighted by atomic mass is 35.5. The number of hydrogen-bond acceptors (Lipinski definition) is 3. The lowest BCUT2D eigenvalue weighted by Crippen LogP contribution is -2.35. The summed E-state index contributed by atoms with van der Waals surface area (Å²) in [5, 5.41) is 10.6. The van der Waals surface area contributed by atoms with Crippen molar-refractivity contribution in [3.8, 4) is 0 Å². The Labute approximate surface area is 101 Å². The summed E-state index contributed by atoms with van der Waals surface area (Å²) in [5.41, 5.74) is 7.79. The Morgan fingerprint density at radius 1 is 1.62 bits per heavy atom. The van der Waals surface area contributed by atoms with Crippen LogP contribution in [0.25, 0.3) is 0 Å². The fourth-order valence-electron chi connectivity index (χ4n) is 2.33. The Balaban J connectivity index is 2.40. The molecule has 0 fully saturated rings. The lowest BCUT2D eigenvalue weighted by atomic mass is 9.86. The minimum Gasteiger partial charge on any atom is -0.391 e. The highest BCUT2D eigenvalue weighted by molar-refractivity contribution is 6.30. The molecule has 1 aromatic carbocycles. The highest BCUT2D eigenvalue weighted by Crippen LogP contribution is 2.37. The van der Waals surface area contributed by atoms with E-state index < -0.39 is 6.10 Å². The van der Waals surface area contributed by atoms with Gasteiger partial charge in [0, 0.05) is 36.8 Å². The predicted octanol–water partition coefficient (Wildman–Crippen LogP) is 1.58. The van der Waals surface area contributed by atoms with Gasteiger partial charge in [-0.25, -0.2) is 0 Å². The number of nitrogens with zero attached hydrogens (tertiary/aromatic N) is 1. The third kappa shape index (κ3) is 2.03. The molecule has 0 aliphatic carbocycles. The van der Waals surface area contributed by atoms with Gasteiger partial charge in [-0.2, -0.15) is 0 Å². The maximum Gasteiger partial charge on any atom is 0.0732 e. The monoisotopic (exact) mass is 240 g/mol. The van der Waals surface area contributed by atoms with Crippen LogP contribution in [0.5, 0.6) is 0 Å². The molecule has 1 heterocycles. The van der Waals surface area contributed by atoms with Crippen LogP contribution in [0, 0.1) is 0 Å². The van der Waals surface area contributed by atoms with Crippen LogP contribution >= 0.6 is 11.6 Å². The SMILES string of the molecule is CN1CCC(C(O)CN)c2ccc(Cl)cc21. The van der Waals surface area contributed by atoms with Crippen molar-refractivity contribution in [1.29, 1.82) is 0 Å². The standard InChI is InChI=1S/C12H17ClN2O/c1-15-5-4-10(12(16)7-14)9-3-2-8(13)6-11(9)15/h2-3,6,10,12,16H,4-5,7,14H2,1H3. The second-order valence-electron chi connectivity index (χ2n) is 4.32. The average Bonchev–Trinajstić information content (AvgIpc) is 2.29. The van der Waals surface area contributed by atoms with Gasteiger partial charge in [0.25, 0.3) is 0 Å². The minimum absolute atomic E-state index is 0.133. The van der Waals surface area contributed by atoms with Crippen molar-refractivity contribution in [2.75, 3.05) is 25.0 Å². The molecule has 0 amide bonds. The molecule has 2 rings (SSSR count). The minimum atomic E-state index is -0.464. The van der Waals surface area contributed by atoms with E-state index in [4.69, 9.17) is 17.3 Å². The van der Waals surface area contributed by atoms with Gasteiger partial charge in [0.1, 0.15) is 0 Å². The summed E-state index contributed by atoms with van der Waals surface area (Å²) in [6, 6.07) is 5.82. The number of nitrogens with two attached hydrogens (primary N) is 1. The van der Waals surface area contributed by atoms with E-state index in [9.17, 15) is 5.11 Å². The Hall–Kier alpha value is -0.770. The molecule has 16 heavy (non-hydrogen) atoms. The van der Waals surface area contributed by atoms with Crippen LogP contribution in [0.3, 0.4) is 0 Å². The summed E-state index contributed by atoms with van der Waals surface area (Å²) >= 11 is 5.99. The van der Waals surface area contributed by atoms with Gasteiger partial charge >= 0.3 is 0 Å². The fourth-order valence-corrected chi connectivity index (χ4v) is 2.50. The number of hydrogen-bond donors (Lipinski definition) is 2. The zero-order valence-corrected chi connectivity index (χ0v) is 10.1. The van der Waals surface area contributed by atoms with E-state index >= 15 is 0 Å². The van der Waals surface area contributed by atoms with Crippen molar-refractivity contribution >= 4 is 17.3 Å². The maximum absolute atomic E-state index is 9.91. The highest BCUT2D eigenvalue weighted by Gasteiger charge is 2.28. The number of fused-ring (bicyclic) bond motifs is 1. The second-order valence-corrected chi connectivity index (χ2v) is 4.76. The van der Waals surface area contributed by atoms with Crippen LogP contribution in [0.1, 0.15) is 17.9 Å². The van der Waals surface area contributed by atoms with Crippen molar-refractivity contribution in [2.24, 2.45) is 5.73 Å². The molecule has 0 spiro atoms. The molecule has 2 unspecified atom stereocenters. The zero-order chi connectivity index (χ0) is 11.7.